The molecule has 122 valence electrons. The first-order chi connectivity index (χ1) is 11.1. The number of benzene rings is 1. The van der Waals surface area contributed by atoms with Gasteiger partial charge < -0.3 is 5.32 Å². The standard InChI is InChI=1S/C17H20FN3OS/c1-3-12-4-5-13(8-16(12)18)19-9-14-10-23-17(20-14)21(11(2)22)15-6-7-15/h4-5,8,10,15,19H,3,6-7,9H2,1-2H3. The van der Waals surface area contributed by atoms with Gasteiger partial charge in [0.15, 0.2) is 5.13 Å². The molecule has 1 heterocycles. The fourth-order valence-corrected chi connectivity index (χ4v) is 3.44. The quantitative estimate of drug-likeness (QED) is 0.870. The van der Waals surface area contributed by atoms with Crippen LogP contribution >= 0.6 is 11.3 Å². The molecule has 0 atom stereocenters. The van der Waals surface area contributed by atoms with E-state index in [-0.39, 0.29) is 11.7 Å². The highest BCUT2D eigenvalue weighted by molar-refractivity contribution is 7.14. The molecule has 1 N–H and O–H groups in total. The molecular formula is C17H20FN3OS. The van der Waals surface area contributed by atoms with Crippen molar-refractivity contribution in [3.8, 4) is 0 Å². The number of carbonyl (C=O) groups is 1. The van der Waals surface area contributed by atoms with E-state index in [0.29, 0.717) is 24.6 Å². The molecule has 0 radical (unpaired) electrons. The Bertz CT molecular complexity index is 712. The van der Waals surface area contributed by atoms with E-state index in [1.165, 1.54) is 17.4 Å². The molecule has 0 saturated heterocycles. The second-order valence-corrected chi connectivity index (χ2v) is 6.59. The molecule has 1 aliphatic rings. The molecule has 3 rings (SSSR count). The lowest BCUT2D eigenvalue weighted by molar-refractivity contribution is -0.116. The minimum atomic E-state index is -0.187. The van der Waals surface area contributed by atoms with Crippen LogP contribution in [0.1, 0.15) is 37.9 Å². The third kappa shape index (κ3) is 3.69. The van der Waals surface area contributed by atoms with Crippen molar-refractivity contribution in [1.29, 1.82) is 0 Å². The number of halogens is 1. The van der Waals surface area contributed by atoms with Crippen LogP contribution in [0, 0.1) is 5.82 Å². The maximum Gasteiger partial charge on any atom is 0.225 e. The lowest BCUT2D eigenvalue weighted by Crippen LogP contribution is -2.30. The van der Waals surface area contributed by atoms with E-state index < -0.39 is 0 Å². The molecule has 6 heteroatoms. The Balaban J connectivity index is 1.65. The molecular weight excluding hydrogens is 313 g/mol. The average Bonchev–Trinajstić information content (AvgIpc) is 3.23. The Labute approximate surface area is 139 Å². The lowest BCUT2D eigenvalue weighted by Gasteiger charge is -2.16. The number of amides is 1. The van der Waals surface area contributed by atoms with E-state index >= 15 is 0 Å². The SMILES string of the molecule is CCc1ccc(NCc2csc(N(C(C)=O)C3CC3)n2)cc1F. The molecule has 1 aromatic heterocycles. The normalized spacial score (nSPS) is 13.9. The van der Waals surface area contributed by atoms with Crippen molar-refractivity contribution in [3.05, 3.63) is 40.7 Å². The largest absolute Gasteiger partial charge is 0.379 e. The molecule has 4 nitrogen and oxygen atoms in total. The minimum absolute atomic E-state index is 0.0404. The number of nitrogens with one attached hydrogen (secondary N) is 1. The molecule has 0 bridgehead atoms. The number of nitrogens with zero attached hydrogens (tertiary/aromatic N) is 2. The van der Waals surface area contributed by atoms with Crippen molar-refractivity contribution in [2.24, 2.45) is 0 Å². The molecule has 2 aromatic rings. The number of hydrogen-bond donors (Lipinski definition) is 1. The summed E-state index contributed by atoms with van der Waals surface area (Å²) >= 11 is 1.48. The smallest absolute Gasteiger partial charge is 0.225 e. The Kier molecular flexibility index (Phi) is 4.61. The van der Waals surface area contributed by atoms with Crippen molar-refractivity contribution in [2.45, 2.75) is 45.7 Å². The van der Waals surface area contributed by atoms with Gasteiger partial charge in [-0.15, -0.1) is 11.3 Å². The predicted octanol–water partition coefficient (Wildman–Crippen LogP) is 3.97. The molecule has 1 saturated carbocycles. The molecule has 1 fully saturated rings. The summed E-state index contributed by atoms with van der Waals surface area (Å²) in [5.74, 6) is -0.147. The summed E-state index contributed by atoms with van der Waals surface area (Å²) in [6.07, 6.45) is 2.79. The predicted molar refractivity (Wildman–Crippen MR) is 91.4 cm³/mol. The first kappa shape index (κ1) is 15.9. The Morgan fingerprint density at radius 1 is 1.48 bits per heavy atom. The second-order valence-electron chi connectivity index (χ2n) is 5.75. The van der Waals surface area contributed by atoms with Gasteiger partial charge in [-0.3, -0.25) is 9.69 Å². The summed E-state index contributed by atoms with van der Waals surface area (Å²) in [5, 5.41) is 5.88. The van der Waals surface area contributed by atoms with Crippen molar-refractivity contribution in [3.63, 3.8) is 0 Å². The van der Waals surface area contributed by atoms with E-state index in [1.807, 2.05) is 18.4 Å². The van der Waals surface area contributed by atoms with Gasteiger partial charge in [0.25, 0.3) is 0 Å². The van der Waals surface area contributed by atoms with Gasteiger partial charge in [0.05, 0.1) is 12.2 Å². The second kappa shape index (κ2) is 6.66. The Morgan fingerprint density at radius 3 is 2.87 bits per heavy atom. The van der Waals surface area contributed by atoms with Crippen LogP contribution in [0.25, 0.3) is 0 Å². The molecule has 0 spiro atoms. The summed E-state index contributed by atoms with van der Waals surface area (Å²) in [6, 6.07) is 5.50. The van der Waals surface area contributed by atoms with Crippen LogP contribution < -0.4 is 10.2 Å². The van der Waals surface area contributed by atoms with Crippen LogP contribution in [0.15, 0.2) is 23.6 Å². The van der Waals surface area contributed by atoms with Gasteiger partial charge in [0, 0.05) is 24.0 Å². The first-order valence-corrected chi connectivity index (χ1v) is 8.73. The summed E-state index contributed by atoms with van der Waals surface area (Å²) in [6.45, 7) is 4.02. The van der Waals surface area contributed by atoms with Crippen molar-refractivity contribution in [1.82, 2.24) is 4.98 Å². The zero-order chi connectivity index (χ0) is 16.4. The number of hydrogen-bond acceptors (Lipinski definition) is 4. The van der Waals surface area contributed by atoms with Crippen LogP contribution in [-0.4, -0.2) is 16.9 Å². The van der Waals surface area contributed by atoms with Gasteiger partial charge in [-0.05, 0) is 37.0 Å². The minimum Gasteiger partial charge on any atom is -0.379 e. The van der Waals surface area contributed by atoms with E-state index in [1.54, 1.807) is 17.9 Å². The van der Waals surface area contributed by atoms with Crippen LogP contribution in [-0.2, 0) is 17.8 Å². The number of carbonyl (C=O) groups excluding carboxylic acids is 1. The van der Waals surface area contributed by atoms with Gasteiger partial charge in [-0.1, -0.05) is 13.0 Å². The highest BCUT2D eigenvalue weighted by atomic mass is 32.1. The van der Waals surface area contributed by atoms with Gasteiger partial charge in [-0.2, -0.15) is 0 Å². The number of anilines is 2. The van der Waals surface area contributed by atoms with Crippen molar-refractivity contribution < 1.29 is 9.18 Å². The molecule has 1 aliphatic carbocycles. The monoisotopic (exact) mass is 333 g/mol. The lowest BCUT2D eigenvalue weighted by atomic mass is 10.1. The number of aryl methyl sites for hydroxylation is 1. The third-order valence-electron chi connectivity index (χ3n) is 3.90. The summed E-state index contributed by atoms with van der Waals surface area (Å²) in [4.78, 5) is 18.1. The first-order valence-electron chi connectivity index (χ1n) is 7.85. The zero-order valence-corrected chi connectivity index (χ0v) is 14.1. The summed E-state index contributed by atoms with van der Waals surface area (Å²) < 4.78 is 13.8. The summed E-state index contributed by atoms with van der Waals surface area (Å²) in [5.41, 5.74) is 2.31. The fourth-order valence-electron chi connectivity index (χ4n) is 2.51. The molecule has 0 aliphatic heterocycles. The van der Waals surface area contributed by atoms with Gasteiger partial charge >= 0.3 is 0 Å². The third-order valence-corrected chi connectivity index (χ3v) is 4.79. The number of thiazole rings is 1. The highest BCUT2D eigenvalue weighted by Gasteiger charge is 2.33. The van der Waals surface area contributed by atoms with E-state index in [0.717, 1.165) is 29.4 Å². The van der Waals surface area contributed by atoms with Crippen LogP contribution in [0.2, 0.25) is 0 Å². The Hall–Kier alpha value is -1.95. The van der Waals surface area contributed by atoms with Gasteiger partial charge in [0.2, 0.25) is 5.91 Å². The van der Waals surface area contributed by atoms with E-state index in [2.05, 4.69) is 10.3 Å². The highest BCUT2D eigenvalue weighted by Crippen LogP contribution is 2.33. The fraction of sp³-hybridized carbons (Fsp3) is 0.412. The summed E-state index contributed by atoms with van der Waals surface area (Å²) in [7, 11) is 0. The van der Waals surface area contributed by atoms with Crippen LogP contribution in [0.3, 0.4) is 0 Å². The topological polar surface area (TPSA) is 45.2 Å². The van der Waals surface area contributed by atoms with Crippen LogP contribution in [0.5, 0.6) is 0 Å². The Morgan fingerprint density at radius 2 is 2.26 bits per heavy atom. The molecule has 0 unspecified atom stereocenters. The van der Waals surface area contributed by atoms with E-state index in [4.69, 9.17) is 0 Å². The maximum absolute atomic E-state index is 13.8. The number of rotatable bonds is 6. The van der Waals surface area contributed by atoms with Gasteiger partial charge in [0.1, 0.15) is 5.82 Å². The molecule has 1 aromatic carbocycles. The van der Waals surface area contributed by atoms with E-state index in [9.17, 15) is 9.18 Å². The number of aromatic nitrogens is 1. The molecule has 1 amide bonds. The van der Waals surface area contributed by atoms with Crippen molar-refractivity contribution >= 4 is 28.1 Å². The molecule has 23 heavy (non-hydrogen) atoms. The van der Waals surface area contributed by atoms with Crippen LogP contribution in [0.4, 0.5) is 15.2 Å². The van der Waals surface area contributed by atoms with Gasteiger partial charge in [-0.25, -0.2) is 9.37 Å². The zero-order valence-electron chi connectivity index (χ0n) is 13.3. The average molecular weight is 333 g/mol. The van der Waals surface area contributed by atoms with Crippen molar-refractivity contribution in [2.75, 3.05) is 10.2 Å². The maximum atomic E-state index is 13.8.